The fourth-order valence-electron chi connectivity index (χ4n) is 2.87. The normalized spacial score (nSPS) is 16.1. The van der Waals surface area contributed by atoms with Crippen LogP contribution < -0.4 is 20.8 Å². The summed E-state index contributed by atoms with van der Waals surface area (Å²) in [5.74, 6) is -0.727. The highest BCUT2D eigenvalue weighted by Gasteiger charge is 2.34. The fraction of sp³-hybridized carbons (Fsp3) is 0.250. The first-order valence-electron chi connectivity index (χ1n) is 9.16. The first kappa shape index (κ1) is 21.3. The van der Waals surface area contributed by atoms with Gasteiger partial charge in [0.05, 0.1) is 11.4 Å². The second kappa shape index (κ2) is 8.95. The highest BCUT2D eigenvalue weighted by Crippen LogP contribution is 2.25. The average molecular weight is 430 g/mol. The summed E-state index contributed by atoms with van der Waals surface area (Å²) in [5.41, 5.74) is 6.77. The third-order valence-corrected chi connectivity index (χ3v) is 5.24. The molecule has 0 radical (unpaired) electrons. The summed E-state index contributed by atoms with van der Waals surface area (Å²) in [4.78, 5) is 24.5. The Labute approximate surface area is 174 Å². The maximum Gasteiger partial charge on any atom is 0.271 e. The number of hydrogen-bond donors (Lipinski definition) is 2. The van der Waals surface area contributed by atoms with E-state index in [9.17, 15) is 18.0 Å². The van der Waals surface area contributed by atoms with Gasteiger partial charge in [0.25, 0.3) is 5.91 Å². The number of carbonyl (C=O) groups excluding carboxylic acids is 2. The van der Waals surface area contributed by atoms with Gasteiger partial charge >= 0.3 is 0 Å². The average Bonchev–Trinajstić information content (AvgIpc) is 3.14. The molecular formula is C20H22N4O5S. The van der Waals surface area contributed by atoms with E-state index < -0.39 is 27.7 Å². The van der Waals surface area contributed by atoms with Crippen LogP contribution in [0.2, 0.25) is 0 Å². The van der Waals surface area contributed by atoms with E-state index in [0.717, 1.165) is 6.26 Å². The van der Waals surface area contributed by atoms with Crippen molar-refractivity contribution in [2.24, 2.45) is 10.8 Å². The molecule has 1 aliphatic rings. The van der Waals surface area contributed by atoms with E-state index in [1.165, 1.54) is 5.01 Å². The molecule has 3 N–H and O–H groups in total. The summed E-state index contributed by atoms with van der Waals surface area (Å²) in [6, 6.07) is 14.8. The van der Waals surface area contributed by atoms with Crippen LogP contribution in [0, 0.1) is 0 Å². The van der Waals surface area contributed by atoms with Crippen LogP contribution in [-0.2, 0) is 19.4 Å². The lowest BCUT2D eigenvalue weighted by Crippen LogP contribution is -2.39. The Morgan fingerprint density at radius 1 is 1.20 bits per heavy atom. The van der Waals surface area contributed by atoms with E-state index in [2.05, 4.69) is 10.4 Å². The van der Waals surface area contributed by atoms with E-state index in [4.69, 9.17) is 10.5 Å². The molecule has 0 saturated carbocycles. The molecule has 158 valence electrons. The number of rotatable bonds is 8. The maximum absolute atomic E-state index is 12.7. The monoisotopic (exact) mass is 430 g/mol. The molecule has 0 saturated heterocycles. The first-order chi connectivity index (χ1) is 14.2. The van der Waals surface area contributed by atoms with Crippen molar-refractivity contribution >= 4 is 38.7 Å². The van der Waals surface area contributed by atoms with Crippen molar-refractivity contribution in [3.8, 4) is 5.75 Å². The molecule has 0 spiro atoms. The Morgan fingerprint density at radius 3 is 2.60 bits per heavy atom. The Kier molecular flexibility index (Phi) is 6.36. The summed E-state index contributed by atoms with van der Waals surface area (Å²) in [7, 11) is -3.13. The number of amides is 2. The third kappa shape index (κ3) is 5.57. The molecule has 2 aromatic rings. The molecule has 1 atom stereocenters. The van der Waals surface area contributed by atoms with Gasteiger partial charge in [-0.05, 0) is 24.3 Å². The number of hydrogen-bond acceptors (Lipinski definition) is 7. The zero-order chi connectivity index (χ0) is 21.7. The van der Waals surface area contributed by atoms with Crippen LogP contribution >= 0.6 is 0 Å². The highest BCUT2D eigenvalue weighted by atomic mass is 32.2. The summed E-state index contributed by atoms with van der Waals surface area (Å²) in [6.45, 7) is 0.00920. The molecule has 1 unspecified atom stereocenters. The van der Waals surface area contributed by atoms with Gasteiger partial charge in [-0.3, -0.25) is 14.6 Å². The zero-order valence-corrected chi connectivity index (χ0v) is 17.1. The van der Waals surface area contributed by atoms with E-state index in [0.29, 0.717) is 17.1 Å². The maximum atomic E-state index is 12.7. The molecule has 1 aliphatic heterocycles. The molecule has 3 rings (SSSR count). The minimum absolute atomic E-state index is 0.00920. The van der Waals surface area contributed by atoms with Crippen molar-refractivity contribution in [3.63, 3.8) is 0 Å². The third-order valence-electron chi connectivity index (χ3n) is 4.34. The number of sulfone groups is 1. The minimum Gasteiger partial charge on any atom is -0.492 e. The molecule has 0 aliphatic carbocycles. The van der Waals surface area contributed by atoms with E-state index >= 15 is 0 Å². The van der Waals surface area contributed by atoms with Gasteiger partial charge in [-0.25, -0.2) is 8.42 Å². The largest absolute Gasteiger partial charge is 0.492 e. The lowest BCUT2D eigenvalue weighted by molar-refractivity contribution is -0.119. The Bertz CT molecular complexity index is 1070. The van der Waals surface area contributed by atoms with Gasteiger partial charge < -0.3 is 15.8 Å². The van der Waals surface area contributed by atoms with Crippen LogP contribution in [0.3, 0.4) is 0 Å². The fourth-order valence-corrected chi connectivity index (χ4v) is 3.25. The highest BCUT2D eigenvalue weighted by molar-refractivity contribution is 7.90. The quantitative estimate of drug-likeness (QED) is 0.646. The number of hydrazone groups is 1. The summed E-state index contributed by atoms with van der Waals surface area (Å²) >= 11 is 0. The summed E-state index contributed by atoms with van der Waals surface area (Å²) in [5, 5.41) is 8.46. The number of anilines is 2. The van der Waals surface area contributed by atoms with E-state index in [1.54, 1.807) is 48.5 Å². The van der Waals surface area contributed by atoms with Gasteiger partial charge in [0.15, 0.2) is 9.84 Å². The van der Waals surface area contributed by atoms with Gasteiger partial charge in [-0.1, -0.05) is 24.3 Å². The molecule has 0 aromatic heterocycles. The minimum atomic E-state index is -3.13. The van der Waals surface area contributed by atoms with Crippen LogP contribution in [0.4, 0.5) is 11.4 Å². The number of nitrogens with zero attached hydrogens (tertiary/aromatic N) is 2. The summed E-state index contributed by atoms with van der Waals surface area (Å²) < 4.78 is 27.8. The van der Waals surface area contributed by atoms with Gasteiger partial charge in [-0.15, -0.1) is 0 Å². The molecule has 9 nitrogen and oxygen atoms in total. The van der Waals surface area contributed by atoms with Crippen LogP contribution in [0.5, 0.6) is 5.75 Å². The number of primary amides is 1. The van der Waals surface area contributed by atoms with Crippen LogP contribution in [0.25, 0.3) is 0 Å². The first-order valence-corrected chi connectivity index (χ1v) is 11.2. The lowest BCUT2D eigenvalue weighted by atomic mass is 10.1. The molecule has 10 heteroatoms. The smallest absolute Gasteiger partial charge is 0.271 e. The number of nitrogens with one attached hydrogen (secondary N) is 1. The number of benzene rings is 2. The zero-order valence-electron chi connectivity index (χ0n) is 16.3. The number of ether oxygens (including phenoxy) is 1. The molecule has 1 heterocycles. The van der Waals surface area contributed by atoms with Crippen LogP contribution in [0.1, 0.15) is 6.42 Å². The van der Waals surface area contributed by atoms with Crippen molar-refractivity contribution in [2.45, 2.75) is 12.5 Å². The van der Waals surface area contributed by atoms with Crippen molar-refractivity contribution in [1.29, 1.82) is 0 Å². The van der Waals surface area contributed by atoms with Crippen molar-refractivity contribution in [1.82, 2.24) is 0 Å². The van der Waals surface area contributed by atoms with E-state index in [1.807, 2.05) is 6.07 Å². The Morgan fingerprint density at radius 2 is 1.93 bits per heavy atom. The van der Waals surface area contributed by atoms with Crippen LogP contribution in [-0.4, -0.2) is 50.6 Å². The molecular weight excluding hydrogens is 408 g/mol. The van der Waals surface area contributed by atoms with Gasteiger partial charge in [0.1, 0.15) is 24.1 Å². The standard InChI is InChI=1S/C20H22N4O5S/c1-30(27,28)11-10-29-16-9-5-6-14(12-16)22-20(26)17-13-18(19(21)25)24(23-17)15-7-3-2-4-8-15/h2-9,12,18H,10-11,13H2,1H3,(H2,21,25)(H,22,26). The van der Waals surface area contributed by atoms with Crippen molar-refractivity contribution in [3.05, 3.63) is 54.6 Å². The van der Waals surface area contributed by atoms with Gasteiger partial charge in [-0.2, -0.15) is 5.10 Å². The molecule has 30 heavy (non-hydrogen) atoms. The van der Waals surface area contributed by atoms with Crippen molar-refractivity contribution in [2.75, 3.05) is 28.9 Å². The number of nitrogens with two attached hydrogens (primary N) is 1. The predicted molar refractivity (Wildman–Crippen MR) is 114 cm³/mol. The lowest BCUT2D eigenvalue weighted by Gasteiger charge is -2.20. The second-order valence-corrected chi connectivity index (χ2v) is 9.07. The molecule has 2 amide bonds. The topological polar surface area (TPSA) is 131 Å². The molecule has 0 fully saturated rings. The summed E-state index contributed by atoms with van der Waals surface area (Å²) in [6.07, 6.45) is 1.22. The Balaban J connectivity index is 1.70. The molecule has 2 aromatic carbocycles. The SMILES string of the molecule is CS(=O)(=O)CCOc1cccc(NC(=O)C2=NN(c3ccccc3)C(C(N)=O)C2)c1. The van der Waals surface area contributed by atoms with Crippen LogP contribution in [0.15, 0.2) is 59.7 Å². The number of para-hydroxylation sites is 1. The van der Waals surface area contributed by atoms with Gasteiger partial charge in [0.2, 0.25) is 5.91 Å². The predicted octanol–water partition coefficient (Wildman–Crippen LogP) is 1.17. The van der Waals surface area contributed by atoms with E-state index in [-0.39, 0.29) is 24.5 Å². The van der Waals surface area contributed by atoms with Gasteiger partial charge in [0, 0.05) is 24.4 Å². The number of carbonyl (C=O) groups is 2. The molecule has 0 bridgehead atoms. The Hall–Kier alpha value is -3.40. The second-order valence-electron chi connectivity index (χ2n) is 6.81. The van der Waals surface area contributed by atoms with Crippen molar-refractivity contribution < 1.29 is 22.7 Å².